The van der Waals surface area contributed by atoms with E-state index in [1.165, 1.54) is 23.9 Å². The molecule has 1 fully saturated rings. The minimum Gasteiger partial charge on any atom is -0.376 e. The van der Waals surface area contributed by atoms with Gasteiger partial charge in [-0.3, -0.25) is 9.36 Å². The van der Waals surface area contributed by atoms with Crippen molar-refractivity contribution in [3.05, 3.63) is 59.4 Å². The van der Waals surface area contributed by atoms with Gasteiger partial charge in [-0.15, -0.1) is 10.2 Å². The number of anilines is 1. The zero-order valence-electron chi connectivity index (χ0n) is 18.5. The molecule has 1 aromatic heterocycles. The summed E-state index contributed by atoms with van der Waals surface area (Å²) in [7, 11) is 0. The number of ether oxygens (including phenoxy) is 1. The molecule has 1 N–H and O–H groups in total. The molecule has 168 valence electrons. The number of carbonyl (C=O) groups excluding carboxylic acids is 1. The Kier molecular flexibility index (Phi) is 6.91. The topological polar surface area (TPSA) is 69.0 Å². The van der Waals surface area contributed by atoms with E-state index >= 15 is 0 Å². The van der Waals surface area contributed by atoms with E-state index in [1.807, 2.05) is 43.5 Å². The summed E-state index contributed by atoms with van der Waals surface area (Å²) in [5.41, 5.74) is 3.69. The van der Waals surface area contributed by atoms with Gasteiger partial charge in [-0.1, -0.05) is 23.9 Å². The van der Waals surface area contributed by atoms with Crippen molar-refractivity contribution < 1.29 is 13.9 Å². The molecule has 1 aliphatic rings. The lowest BCUT2D eigenvalue weighted by molar-refractivity contribution is -0.115. The molecule has 8 heteroatoms. The Hall–Kier alpha value is -2.71. The highest BCUT2D eigenvalue weighted by Gasteiger charge is 2.25. The van der Waals surface area contributed by atoms with Crippen molar-refractivity contribution in [2.75, 3.05) is 11.9 Å². The second-order valence-corrected chi connectivity index (χ2v) is 9.43. The third-order valence-electron chi connectivity index (χ3n) is 5.53. The quantitative estimate of drug-likeness (QED) is 0.509. The van der Waals surface area contributed by atoms with Gasteiger partial charge in [0.2, 0.25) is 5.91 Å². The molecule has 32 heavy (non-hydrogen) atoms. The molecule has 0 aliphatic carbocycles. The van der Waals surface area contributed by atoms with E-state index < -0.39 is 0 Å². The predicted octanol–water partition coefficient (Wildman–Crippen LogP) is 5.00. The van der Waals surface area contributed by atoms with Crippen molar-refractivity contribution >= 4 is 23.4 Å². The fourth-order valence-corrected chi connectivity index (χ4v) is 4.52. The van der Waals surface area contributed by atoms with Gasteiger partial charge in [-0.2, -0.15) is 0 Å². The normalized spacial score (nSPS) is 16.8. The van der Waals surface area contributed by atoms with Crippen molar-refractivity contribution in [3.8, 4) is 11.4 Å². The molecule has 1 aliphatic heterocycles. The van der Waals surface area contributed by atoms with Crippen molar-refractivity contribution in [1.29, 1.82) is 0 Å². The second kappa shape index (κ2) is 9.83. The highest BCUT2D eigenvalue weighted by atomic mass is 32.2. The minimum absolute atomic E-state index is 0.0728. The molecule has 0 saturated carbocycles. The number of benzene rings is 2. The zero-order valence-corrected chi connectivity index (χ0v) is 19.3. The van der Waals surface area contributed by atoms with Crippen LogP contribution in [-0.2, 0) is 16.1 Å². The molecule has 0 bridgehead atoms. The minimum atomic E-state index is -0.386. The maximum atomic E-state index is 13.4. The number of aromatic nitrogens is 3. The van der Waals surface area contributed by atoms with Crippen molar-refractivity contribution in [3.63, 3.8) is 0 Å². The molecule has 0 radical (unpaired) electrons. The first kappa shape index (κ1) is 22.5. The lowest BCUT2D eigenvalue weighted by atomic mass is 10.1. The second-order valence-electron chi connectivity index (χ2n) is 8.13. The maximum Gasteiger partial charge on any atom is 0.237 e. The Balaban J connectivity index is 1.55. The summed E-state index contributed by atoms with van der Waals surface area (Å²) in [6, 6.07) is 12.2. The molecule has 6 nitrogen and oxygen atoms in total. The molecular formula is C24H27FN4O2S. The van der Waals surface area contributed by atoms with Crippen LogP contribution in [0.5, 0.6) is 0 Å². The fraction of sp³-hybridized carbons (Fsp3) is 0.375. The molecule has 1 saturated heterocycles. The zero-order chi connectivity index (χ0) is 22.7. The molecule has 2 heterocycles. The molecule has 3 aromatic rings. The highest BCUT2D eigenvalue weighted by Crippen LogP contribution is 2.29. The number of rotatable bonds is 7. The van der Waals surface area contributed by atoms with Gasteiger partial charge in [-0.05, 0) is 75.1 Å². The first-order valence-corrected chi connectivity index (χ1v) is 11.6. The average Bonchev–Trinajstić information content (AvgIpc) is 3.42. The van der Waals surface area contributed by atoms with Crippen LogP contribution in [0, 0.1) is 19.7 Å². The van der Waals surface area contributed by atoms with Gasteiger partial charge in [0.15, 0.2) is 11.0 Å². The predicted molar refractivity (Wildman–Crippen MR) is 124 cm³/mol. The lowest BCUT2D eigenvalue weighted by Gasteiger charge is -2.17. The lowest BCUT2D eigenvalue weighted by Crippen LogP contribution is -2.24. The third kappa shape index (κ3) is 5.19. The van der Waals surface area contributed by atoms with Crippen molar-refractivity contribution in [2.24, 2.45) is 0 Å². The Labute approximate surface area is 191 Å². The number of thioether (sulfide) groups is 1. The number of carbonyl (C=O) groups is 1. The number of hydrogen-bond donors (Lipinski definition) is 1. The molecular weight excluding hydrogens is 427 g/mol. The first-order valence-electron chi connectivity index (χ1n) is 10.8. The van der Waals surface area contributed by atoms with Crippen LogP contribution in [0.1, 0.15) is 30.9 Å². The third-order valence-corrected chi connectivity index (χ3v) is 6.61. The summed E-state index contributed by atoms with van der Waals surface area (Å²) in [5.74, 6) is 0.245. The molecule has 4 rings (SSSR count). The monoisotopic (exact) mass is 454 g/mol. The smallest absolute Gasteiger partial charge is 0.237 e. The molecule has 2 aromatic carbocycles. The number of hydrogen-bond acceptors (Lipinski definition) is 5. The average molecular weight is 455 g/mol. The summed E-state index contributed by atoms with van der Waals surface area (Å²) in [5, 5.41) is 12.0. The Morgan fingerprint density at radius 2 is 2.03 bits per heavy atom. The van der Waals surface area contributed by atoms with Gasteiger partial charge in [0.1, 0.15) is 5.82 Å². The Morgan fingerprint density at radius 3 is 2.75 bits per heavy atom. The SMILES string of the molecule is Cc1ccc(C)c(NC(=O)C(C)Sc2nnc(-c3ccc(F)cc3)n2CC2CCCO2)c1. The number of nitrogens with one attached hydrogen (secondary N) is 1. The number of nitrogens with zero attached hydrogens (tertiary/aromatic N) is 3. The van der Waals surface area contributed by atoms with Crippen LogP contribution in [0.3, 0.4) is 0 Å². The number of aryl methyl sites for hydroxylation is 2. The maximum absolute atomic E-state index is 13.4. The van der Waals surface area contributed by atoms with Gasteiger partial charge >= 0.3 is 0 Å². The van der Waals surface area contributed by atoms with E-state index in [2.05, 4.69) is 15.5 Å². The molecule has 0 spiro atoms. The standard InChI is InChI=1S/C24H27FN4O2S/c1-15-6-7-16(2)21(13-15)26-23(30)17(3)32-24-28-27-22(18-8-10-19(25)11-9-18)29(24)14-20-5-4-12-31-20/h6-11,13,17,20H,4-5,12,14H2,1-3H3,(H,26,30). The van der Waals surface area contributed by atoms with E-state index in [-0.39, 0.29) is 23.1 Å². The molecule has 2 atom stereocenters. The molecule has 1 amide bonds. The van der Waals surface area contributed by atoms with Crippen LogP contribution in [0.15, 0.2) is 47.6 Å². The van der Waals surface area contributed by atoms with Gasteiger partial charge in [0.05, 0.1) is 17.9 Å². The van der Waals surface area contributed by atoms with E-state index in [9.17, 15) is 9.18 Å². The van der Waals surface area contributed by atoms with E-state index in [0.29, 0.717) is 17.5 Å². The van der Waals surface area contributed by atoms with Crippen LogP contribution < -0.4 is 5.32 Å². The summed E-state index contributed by atoms with van der Waals surface area (Å²) in [6.07, 6.45) is 2.06. The van der Waals surface area contributed by atoms with Gasteiger partial charge in [-0.25, -0.2) is 4.39 Å². The summed E-state index contributed by atoms with van der Waals surface area (Å²) >= 11 is 1.36. The summed E-state index contributed by atoms with van der Waals surface area (Å²) in [4.78, 5) is 12.9. The largest absolute Gasteiger partial charge is 0.376 e. The van der Waals surface area contributed by atoms with E-state index in [0.717, 1.165) is 41.8 Å². The van der Waals surface area contributed by atoms with Gasteiger partial charge in [0.25, 0.3) is 0 Å². The summed E-state index contributed by atoms with van der Waals surface area (Å²) in [6.45, 7) is 7.16. The highest BCUT2D eigenvalue weighted by molar-refractivity contribution is 8.00. The van der Waals surface area contributed by atoms with Crippen LogP contribution >= 0.6 is 11.8 Å². The van der Waals surface area contributed by atoms with Crippen molar-refractivity contribution in [1.82, 2.24) is 14.8 Å². The summed E-state index contributed by atoms with van der Waals surface area (Å²) < 4.78 is 21.2. The Morgan fingerprint density at radius 1 is 1.25 bits per heavy atom. The van der Waals surface area contributed by atoms with Crippen LogP contribution in [0.2, 0.25) is 0 Å². The van der Waals surface area contributed by atoms with E-state index in [1.54, 1.807) is 12.1 Å². The van der Waals surface area contributed by atoms with Crippen LogP contribution in [0.4, 0.5) is 10.1 Å². The van der Waals surface area contributed by atoms with Crippen molar-refractivity contribution in [2.45, 2.75) is 56.7 Å². The molecule has 2 unspecified atom stereocenters. The Bertz CT molecular complexity index is 1090. The van der Waals surface area contributed by atoms with E-state index in [4.69, 9.17) is 4.74 Å². The van der Waals surface area contributed by atoms with Gasteiger partial charge in [0, 0.05) is 17.9 Å². The van der Waals surface area contributed by atoms with Gasteiger partial charge < -0.3 is 10.1 Å². The number of halogens is 1. The first-order chi connectivity index (χ1) is 15.4. The number of amides is 1. The van der Waals surface area contributed by atoms with Crippen LogP contribution in [-0.4, -0.2) is 38.6 Å². The van der Waals surface area contributed by atoms with Crippen LogP contribution in [0.25, 0.3) is 11.4 Å². The fourth-order valence-electron chi connectivity index (χ4n) is 3.66.